The van der Waals surface area contributed by atoms with Gasteiger partial charge in [0.15, 0.2) is 0 Å². The van der Waals surface area contributed by atoms with Crippen LogP contribution in [0, 0.1) is 0 Å². The Hall–Kier alpha value is -1.19. The third-order valence-electron chi connectivity index (χ3n) is 2.73. The Balaban J connectivity index is 3.11. The second-order valence-corrected chi connectivity index (χ2v) is 4.28. The fourth-order valence-corrected chi connectivity index (χ4v) is 1.43. The first-order valence-electron chi connectivity index (χ1n) is 5.11. The summed E-state index contributed by atoms with van der Waals surface area (Å²) in [6.45, 7) is 5.72. The largest absolute Gasteiger partial charge is 0.573 e. The highest BCUT2D eigenvalue weighted by Crippen LogP contribution is 2.36. The molecule has 0 bridgehead atoms. The van der Waals surface area contributed by atoms with Crippen LogP contribution in [0.3, 0.4) is 0 Å². The van der Waals surface area contributed by atoms with Crippen LogP contribution in [0.15, 0.2) is 24.3 Å². The van der Waals surface area contributed by atoms with Gasteiger partial charge in [0.25, 0.3) is 0 Å². The van der Waals surface area contributed by atoms with E-state index in [-0.39, 0.29) is 11.2 Å². The van der Waals surface area contributed by atoms with E-state index in [2.05, 4.69) is 4.74 Å². The fourth-order valence-electron chi connectivity index (χ4n) is 1.43. The zero-order valence-corrected chi connectivity index (χ0v) is 9.56. The molecule has 0 fully saturated rings. The topological polar surface area (TPSA) is 9.23 Å². The van der Waals surface area contributed by atoms with Gasteiger partial charge < -0.3 is 4.74 Å². The van der Waals surface area contributed by atoms with Crippen LogP contribution in [-0.2, 0) is 5.41 Å². The third-order valence-corrected chi connectivity index (χ3v) is 2.73. The van der Waals surface area contributed by atoms with Crippen LogP contribution >= 0.6 is 0 Å². The van der Waals surface area contributed by atoms with Gasteiger partial charge >= 0.3 is 6.36 Å². The second kappa shape index (κ2) is 4.36. The number of ether oxygens (including phenoxy) is 1. The van der Waals surface area contributed by atoms with E-state index < -0.39 is 6.36 Å². The minimum Gasteiger partial charge on any atom is -0.405 e. The molecule has 0 unspecified atom stereocenters. The highest BCUT2D eigenvalue weighted by molar-refractivity contribution is 5.38. The molecule has 0 aliphatic rings. The van der Waals surface area contributed by atoms with E-state index in [0.717, 1.165) is 6.42 Å². The Morgan fingerprint density at radius 3 is 2.19 bits per heavy atom. The molecule has 1 nitrogen and oxygen atoms in total. The molecule has 0 aromatic heterocycles. The summed E-state index contributed by atoms with van der Waals surface area (Å²) in [6, 6.07) is 6.27. The zero-order chi connectivity index (χ0) is 12.4. The zero-order valence-electron chi connectivity index (χ0n) is 9.56. The summed E-state index contributed by atoms with van der Waals surface area (Å²) in [4.78, 5) is 0. The lowest BCUT2D eigenvalue weighted by Crippen LogP contribution is -2.22. The van der Waals surface area contributed by atoms with Gasteiger partial charge in [-0.1, -0.05) is 39.0 Å². The monoisotopic (exact) mass is 232 g/mol. The van der Waals surface area contributed by atoms with Gasteiger partial charge in [0, 0.05) is 5.56 Å². The predicted molar refractivity (Wildman–Crippen MR) is 56.4 cm³/mol. The smallest absolute Gasteiger partial charge is 0.405 e. The number of hydrogen-bond acceptors (Lipinski definition) is 1. The summed E-state index contributed by atoms with van der Waals surface area (Å²) in [5.74, 6) is -0.109. The summed E-state index contributed by atoms with van der Waals surface area (Å²) in [6.07, 6.45) is -3.90. The van der Waals surface area contributed by atoms with Gasteiger partial charge in [0.1, 0.15) is 5.75 Å². The van der Waals surface area contributed by atoms with Crippen molar-refractivity contribution in [1.29, 1.82) is 0 Å². The number of rotatable bonds is 3. The van der Waals surface area contributed by atoms with Crippen molar-refractivity contribution in [2.24, 2.45) is 0 Å². The van der Waals surface area contributed by atoms with Crippen LogP contribution < -0.4 is 4.74 Å². The average Bonchev–Trinajstić information content (AvgIpc) is 2.16. The molecule has 0 atom stereocenters. The molecule has 0 saturated carbocycles. The average molecular weight is 232 g/mol. The van der Waals surface area contributed by atoms with Gasteiger partial charge in [-0.05, 0) is 17.9 Å². The summed E-state index contributed by atoms with van der Waals surface area (Å²) in [5, 5.41) is 0. The molecular formula is C12H15F3O. The Labute approximate surface area is 93.2 Å². The number of alkyl halides is 3. The van der Waals surface area contributed by atoms with Crippen molar-refractivity contribution in [2.75, 3.05) is 0 Å². The molecule has 1 aromatic carbocycles. The number of hydrogen-bond donors (Lipinski definition) is 0. The van der Waals surface area contributed by atoms with E-state index in [9.17, 15) is 13.2 Å². The van der Waals surface area contributed by atoms with E-state index in [1.165, 1.54) is 12.1 Å². The minimum atomic E-state index is -4.64. The number of benzene rings is 1. The van der Waals surface area contributed by atoms with Crippen molar-refractivity contribution in [3.63, 3.8) is 0 Å². The quantitative estimate of drug-likeness (QED) is 0.756. The Morgan fingerprint density at radius 2 is 1.69 bits per heavy atom. The van der Waals surface area contributed by atoms with Crippen molar-refractivity contribution < 1.29 is 17.9 Å². The minimum absolute atomic E-state index is 0.109. The van der Waals surface area contributed by atoms with Crippen LogP contribution in [-0.4, -0.2) is 6.36 Å². The molecule has 0 saturated heterocycles. The summed E-state index contributed by atoms with van der Waals surface area (Å²) < 4.78 is 40.6. The van der Waals surface area contributed by atoms with Crippen molar-refractivity contribution in [1.82, 2.24) is 0 Å². The van der Waals surface area contributed by atoms with Crippen molar-refractivity contribution >= 4 is 0 Å². The molecule has 0 aliphatic carbocycles. The summed E-state index contributed by atoms with van der Waals surface area (Å²) in [7, 11) is 0. The van der Waals surface area contributed by atoms with Crippen molar-refractivity contribution in [3.05, 3.63) is 29.8 Å². The molecule has 1 rings (SSSR count). The van der Waals surface area contributed by atoms with Crippen molar-refractivity contribution in [2.45, 2.75) is 39.0 Å². The molecule has 0 spiro atoms. The highest BCUT2D eigenvalue weighted by atomic mass is 19.4. The lowest BCUT2D eigenvalue weighted by molar-refractivity contribution is -0.275. The summed E-state index contributed by atoms with van der Waals surface area (Å²) >= 11 is 0. The van der Waals surface area contributed by atoms with E-state index in [4.69, 9.17) is 0 Å². The molecular weight excluding hydrogens is 217 g/mol. The molecule has 4 heteroatoms. The highest BCUT2D eigenvalue weighted by Gasteiger charge is 2.33. The first-order chi connectivity index (χ1) is 7.26. The fraction of sp³-hybridized carbons (Fsp3) is 0.500. The first kappa shape index (κ1) is 12.9. The molecule has 0 heterocycles. The molecule has 16 heavy (non-hydrogen) atoms. The van der Waals surface area contributed by atoms with Gasteiger partial charge in [-0.3, -0.25) is 0 Å². The van der Waals surface area contributed by atoms with E-state index >= 15 is 0 Å². The predicted octanol–water partition coefficient (Wildman–Crippen LogP) is 4.27. The van der Waals surface area contributed by atoms with Crippen LogP contribution in [0.2, 0.25) is 0 Å². The molecule has 90 valence electrons. The standard InChI is InChI=1S/C12H15F3O/c1-4-11(2,3)9-7-5-6-8-10(9)16-12(13,14)15/h5-8H,4H2,1-3H3. The Morgan fingerprint density at radius 1 is 1.12 bits per heavy atom. The van der Waals surface area contributed by atoms with Gasteiger partial charge in [0.05, 0.1) is 0 Å². The van der Waals surface area contributed by atoms with Gasteiger partial charge in [-0.15, -0.1) is 13.2 Å². The number of halogens is 3. The van der Waals surface area contributed by atoms with Crippen LogP contribution in [0.1, 0.15) is 32.8 Å². The van der Waals surface area contributed by atoms with Gasteiger partial charge in [-0.2, -0.15) is 0 Å². The van der Waals surface area contributed by atoms with Crippen LogP contribution in [0.25, 0.3) is 0 Å². The lowest BCUT2D eigenvalue weighted by atomic mass is 9.82. The Bertz CT molecular complexity index is 356. The molecule has 0 aliphatic heterocycles. The van der Waals surface area contributed by atoms with E-state index in [1.807, 2.05) is 20.8 Å². The number of para-hydroxylation sites is 1. The normalized spacial score (nSPS) is 12.6. The van der Waals surface area contributed by atoms with Crippen LogP contribution in [0.5, 0.6) is 5.75 Å². The first-order valence-corrected chi connectivity index (χ1v) is 5.11. The molecule has 0 amide bonds. The van der Waals surface area contributed by atoms with Gasteiger partial charge in [0.2, 0.25) is 0 Å². The SMILES string of the molecule is CCC(C)(C)c1ccccc1OC(F)(F)F. The van der Waals surface area contributed by atoms with Crippen LogP contribution in [0.4, 0.5) is 13.2 Å². The van der Waals surface area contributed by atoms with E-state index in [0.29, 0.717) is 5.56 Å². The molecule has 0 radical (unpaired) electrons. The van der Waals surface area contributed by atoms with Crippen molar-refractivity contribution in [3.8, 4) is 5.75 Å². The molecule has 0 N–H and O–H groups in total. The lowest BCUT2D eigenvalue weighted by Gasteiger charge is -2.26. The maximum atomic E-state index is 12.2. The third kappa shape index (κ3) is 3.15. The summed E-state index contributed by atoms with van der Waals surface area (Å²) in [5.41, 5.74) is 0.247. The van der Waals surface area contributed by atoms with Gasteiger partial charge in [-0.25, -0.2) is 0 Å². The molecule has 1 aromatic rings. The maximum absolute atomic E-state index is 12.2. The second-order valence-electron chi connectivity index (χ2n) is 4.28. The maximum Gasteiger partial charge on any atom is 0.573 e. The Kier molecular flexibility index (Phi) is 3.51. The van der Waals surface area contributed by atoms with E-state index in [1.54, 1.807) is 12.1 Å².